The predicted molar refractivity (Wildman–Crippen MR) is 79.1 cm³/mol. The molecule has 0 saturated heterocycles. The first-order chi connectivity index (χ1) is 9.96. The van der Waals surface area contributed by atoms with Crippen LogP contribution < -0.4 is 10.3 Å². The van der Waals surface area contributed by atoms with E-state index in [0.717, 1.165) is 5.39 Å². The minimum Gasteiger partial charge on any atom is -0.491 e. The largest absolute Gasteiger partial charge is 0.491 e. The van der Waals surface area contributed by atoms with Gasteiger partial charge in [0.05, 0.1) is 25.0 Å². The van der Waals surface area contributed by atoms with Gasteiger partial charge in [0.1, 0.15) is 4.83 Å². The molecule has 0 saturated carbocycles. The maximum Gasteiger partial charge on any atom is 0.308 e. The maximum atomic E-state index is 12.2. The summed E-state index contributed by atoms with van der Waals surface area (Å²) >= 11 is 1.19. The van der Waals surface area contributed by atoms with Gasteiger partial charge in [-0.2, -0.15) is 0 Å². The minimum absolute atomic E-state index is 0.0703. The number of aromatic nitrogens is 1. The first-order valence-corrected chi connectivity index (χ1v) is 7.09. The Hall–Kier alpha value is -2.15. The van der Waals surface area contributed by atoms with Gasteiger partial charge in [-0.3, -0.25) is 14.4 Å². The number of fused-ring (bicyclic) bond motifs is 1. The molecule has 2 heterocycles. The van der Waals surface area contributed by atoms with Crippen molar-refractivity contribution in [1.82, 2.24) is 4.98 Å². The number of pyridine rings is 1. The van der Waals surface area contributed by atoms with E-state index in [1.54, 1.807) is 19.1 Å². The molecule has 2 aromatic heterocycles. The number of esters is 1. The van der Waals surface area contributed by atoms with Crippen LogP contribution >= 0.6 is 11.3 Å². The van der Waals surface area contributed by atoms with Crippen molar-refractivity contribution in [2.75, 3.05) is 14.2 Å². The highest BCUT2D eigenvalue weighted by Gasteiger charge is 2.20. The Kier molecular flexibility index (Phi) is 4.42. The van der Waals surface area contributed by atoms with Crippen LogP contribution in [0, 0.1) is 5.92 Å². The van der Waals surface area contributed by atoms with Gasteiger partial charge in [-0.25, -0.2) is 0 Å². The summed E-state index contributed by atoms with van der Waals surface area (Å²) in [4.78, 5) is 38.9. The molecule has 0 aromatic carbocycles. The van der Waals surface area contributed by atoms with Gasteiger partial charge >= 0.3 is 5.97 Å². The number of Topliss-reactive ketones (excluding diaryl/α,β-unsaturated/α-hetero) is 1. The molecule has 0 aliphatic rings. The van der Waals surface area contributed by atoms with E-state index in [0.29, 0.717) is 9.71 Å². The lowest BCUT2D eigenvalue weighted by molar-refractivity contribution is -0.144. The van der Waals surface area contributed by atoms with Crippen LogP contribution in [-0.2, 0) is 9.53 Å². The first kappa shape index (κ1) is 15.2. The Bertz CT molecular complexity index is 745. The van der Waals surface area contributed by atoms with Crippen LogP contribution in [-0.4, -0.2) is 31.0 Å². The van der Waals surface area contributed by atoms with E-state index >= 15 is 0 Å². The van der Waals surface area contributed by atoms with Crippen molar-refractivity contribution in [3.63, 3.8) is 0 Å². The number of carbonyl (C=O) groups excluding carboxylic acids is 2. The predicted octanol–water partition coefficient (Wildman–Crippen LogP) is 1.98. The van der Waals surface area contributed by atoms with Gasteiger partial charge in [-0.15, -0.1) is 11.3 Å². The summed E-state index contributed by atoms with van der Waals surface area (Å²) in [6.07, 6.45) is 0.0703. The number of H-pyrrole nitrogens is 1. The standard InChI is InChI=1S/C14H15NO5S/c1-7(14(18)20-3)4-9(16)11-6-8-5-10(19-2)12(17)15-13(8)21-11/h5-7H,4H2,1-3H3,(H,15,17)/t7-/m0/s1. The number of carbonyl (C=O) groups is 2. The smallest absolute Gasteiger partial charge is 0.308 e. The number of ether oxygens (including phenoxy) is 2. The molecule has 0 fully saturated rings. The van der Waals surface area contributed by atoms with Gasteiger partial charge in [0.25, 0.3) is 5.56 Å². The third-order valence-corrected chi connectivity index (χ3v) is 4.20. The van der Waals surface area contributed by atoms with Crippen molar-refractivity contribution in [3.05, 3.63) is 27.4 Å². The molecule has 0 radical (unpaired) electrons. The molecular weight excluding hydrogens is 294 g/mol. The SMILES string of the molecule is COC(=O)[C@@H](C)CC(=O)c1cc2cc(OC)c(=O)[nH]c2s1. The van der Waals surface area contributed by atoms with Gasteiger partial charge in [-0.1, -0.05) is 6.92 Å². The molecule has 112 valence electrons. The summed E-state index contributed by atoms with van der Waals surface area (Å²) in [6, 6.07) is 3.27. The van der Waals surface area contributed by atoms with E-state index in [2.05, 4.69) is 9.72 Å². The average molecular weight is 309 g/mol. The van der Waals surface area contributed by atoms with Crippen LogP contribution in [0.1, 0.15) is 23.0 Å². The van der Waals surface area contributed by atoms with E-state index < -0.39 is 11.9 Å². The highest BCUT2D eigenvalue weighted by molar-refractivity contribution is 7.20. The molecule has 7 heteroatoms. The van der Waals surface area contributed by atoms with Crippen molar-refractivity contribution >= 4 is 33.3 Å². The van der Waals surface area contributed by atoms with Crippen molar-refractivity contribution in [2.24, 2.45) is 5.92 Å². The molecule has 21 heavy (non-hydrogen) atoms. The molecular formula is C14H15NO5S. The molecule has 0 aliphatic carbocycles. The molecule has 0 unspecified atom stereocenters. The van der Waals surface area contributed by atoms with Crippen LogP contribution in [0.15, 0.2) is 16.9 Å². The molecule has 1 N–H and O–H groups in total. The zero-order valence-corrected chi connectivity index (χ0v) is 12.7. The number of aromatic amines is 1. The normalized spacial score (nSPS) is 12.1. The number of rotatable bonds is 5. The number of nitrogens with one attached hydrogen (secondary N) is 1. The van der Waals surface area contributed by atoms with Gasteiger partial charge < -0.3 is 14.5 Å². The Balaban J connectivity index is 2.28. The average Bonchev–Trinajstić information content (AvgIpc) is 2.87. The third kappa shape index (κ3) is 3.13. The van der Waals surface area contributed by atoms with Gasteiger partial charge in [-0.05, 0) is 12.1 Å². The lowest BCUT2D eigenvalue weighted by atomic mass is 10.0. The fourth-order valence-electron chi connectivity index (χ4n) is 1.93. The van der Waals surface area contributed by atoms with E-state index in [4.69, 9.17) is 4.74 Å². The van der Waals surface area contributed by atoms with Crippen LogP contribution in [0.4, 0.5) is 0 Å². The highest BCUT2D eigenvalue weighted by atomic mass is 32.1. The zero-order valence-electron chi connectivity index (χ0n) is 11.9. The molecule has 6 nitrogen and oxygen atoms in total. The molecule has 0 spiro atoms. The lowest BCUT2D eigenvalue weighted by Crippen LogP contribution is -2.16. The quantitative estimate of drug-likeness (QED) is 0.674. The first-order valence-electron chi connectivity index (χ1n) is 6.28. The van der Waals surface area contributed by atoms with Crippen molar-refractivity contribution in [2.45, 2.75) is 13.3 Å². The maximum absolute atomic E-state index is 12.2. The summed E-state index contributed by atoms with van der Waals surface area (Å²) in [7, 11) is 2.70. The van der Waals surface area contributed by atoms with Crippen LogP contribution in [0.3, 0.4) is 0 Å². The Morgan fingerprint density at radius 1 is 1.33 bits per heavy atom. The molecule has 0 bridgehead atoms. The minimum atomic E-state index is -0.499. The fraction of sp³-hybridized carbons (Fsp3) is 0.357. The number of thiophene rings is 1. The summed E-state index contributed by atoms with van der Waals surface area (Å²) in [6.45, 7) is 1.64. The fourth-order valence-corrected chi connectivity index (χ4v) is 2.92. The van der Waals surface area contributed by atoms with Crippen LogP contribution in [0.5, 0.6) is 5.75 Å². The van der Waals surface area contributed by atoms with Crippen LogP contribution in [0.2, 0.25) is 0 Å². The molecule has 1 atom stereocenters. The molecule has 0 aliphatic heterocycles. The molecule has 0 amide bonds. The third-order valence-electron chi connectivity index (χ3n) is 3.09. The van der Waals surface area contributed by atoms with Gasteiger partial charge in [0.15, 0.2) is 11.5 Å². The lowest BCUT2D eigenvalue weighted by Gasteiger charge is -2.06. The summed E-state index contributed by atoms with van der Waals surface area (Å²) < 4.78 is 9.55. The monoisotopic (exact) mass is 309 g/mol. The van der Waals surface area contributed by atoms with E-state index in [9.17, 15) is 14.4 Å². The van der Waals surface area contributed by atoms with Crippen molar-refractivity contribution in [3.8, 4) is 5.75 Å². The number of hydrogen-bond donors (Lipinski definition) is 1. The van der Waals surface area contributed by atoms with Crippen molar-refractivity contribution in [1.29, 1.82) is 0 Å². The van der Waals surface area contributed by atoms with E-state index in [1.807, 2.05) is 0 Å². The molecule has 2 rings (SSSR count). The number of hydrogen-bond acceptors (Lipinski definition) is 6. The Morgan fingerprint density at radius 2 is 2.05 bits per heavy atom. The summed E-state index contributed by atoms with van der Waals surface area (Å²) in [5, 5.41) is 0.727. The van der Waals surface area contributed by atoms with Crippen molar-refractivity contribution < 1.29 is 19.1 Å². The highest BCUT2D eigenvalue weighted by Crippen LogP contribution is 2.26. The Morgan fingerprint density at radius 3 is 2.67 bits per heavy atom. The van der Waals surface area contributed by atoms with Gasteiger partial charge in [0.2, 0.25) is 0 Å². The second-order valence-corrected chi connectivity index (χ2v) is 5.67. The van der Waals surface area contributed by atoms with Crippen LogP contribution in [0.25, 0.3) is 10.2 Å². The zero-order chi connectivity index (χ0) is 15.6. The number of methoxy groups -OCH3 is 2. The summed E-state index contributed by atoms with van der Waals surface area (Å²) in [5.41, 5.74) is -0.339. The second-order valence-electron chi connectivity index (χ2n) is 4.61. The van der Waals surface area contributed by atoms with E-state index in [1.165, 1.54) is 25.6 Å². The second kappa shape index (κ2) is 6.09. The summed E-state index contributed by atoms with van der Waals surface area (Å²) in [5.74, 6) is -0.878. The molecule has 2 aromatic rings. The van der Waals surface area contributed by atoms with E-state index in [-0.39, 0.29) is 23.5 Å². The topological polar surface area (TPSA) is 85.5 Å². The number of ketones is 1. The Labute approximate surface area is 124 Å². The van der Waals surface area contributed by atoms with Gasteiger partial charge in [0, 0.05) is 11.8 Å².